The highest BCUT2D eigenvalue weighted by Crippen LogP contribution is 2.42. The summed E-state index contributed by atoms with van der Waals surface area (Å²) in [5.41, 5.74) is 5.93. The molecule has 0 radical (unpaired) electrons. The van der Waals surface area contributed by atoms with Crippen LogP contribution in [0.15, 0.2) is 21.1 Å². The van der Waals surface area contributed by atoms with Gasteiger partial charge < -0.3 is 15.8 Å². The molecule has 1 amide bonds. The van der Waals surface area contributed by atoms with E-state index in [1.54, 1.807) is 12.1 Å². The number of halogens is 2. The van der Waals surface area contributed by atoms with Gasteiger partial charge in [0.1, 0.15) is 0 Å². The molecule has 0 atom stereocenters. The van der Waals surface area contributed by atoms with E-state index < -0.39 is 11.4 Å². The van der Waals surface area contributed by atoms with Crippen molar-refractivity contribution in [2.45, 2.75) is 19.3 Å². The number of nitrogens with one attached hydrogen (secondary N) is 1. The molecule has 5 nitrogen and oxygen atoms in total. The lowest BCUT2D eigenvalue weighted by atomic mass is 9.68. The van der Waals surface area contributed by atoms with Crippen LogP contribution in [0.25, 0.3) is 0 Å². The van der Waals surface area contributed by atoms with Gasteiger partial charge in [0.2, 0.25) is 5.91 Å². The average Bonchev–Trinajstić information content (AvgIpc) is 2.40. The Balaban J connectivity index is 2.35. The molecule has 0 aliphatic heterocycles. The standard InChI is InChI=1S/C14H16Br2N2O3/c1-21-12(19)9-5-8(15)6-10(16)11(9)18-13(20)14(7-17)3-2-4-14/h5-6H,2-4,7,17H2,1H3,(H,18,20). The van der Waals surface area contributed by atoms with Gasteiger partial charge in [0.15, 0.2) is 0 Å². The largest absolute Gasteiger partial charge is 0.465 e. The fraction of sp³-hybridized carbons (Fsp3) is 0.429. The van der Waals surface area contributed by atoms with Crippen LogP contribution in [0.1, 0.15) is 29.6 Å². The smallest absolute Gasteiger partial charge is 0.340 e. The molecule has 0 bridgehead atoms. The van der Waals surface area contributed by atoms with E-state index in [1.807, 2.05) is 0 Å². The molecule has 114 valence electrons. The first kappa shape index (κ1) is 16.5. The number of rotatable bonds is 4. The van der Waals surface area contributed by atoms with Gasteiger partial charge in [-0.2, -0.15) is 0 Å². The summed E-state index contributed by atoms with van der Waals surface area (Å²) in [5, 5.41) is 2.83. The topological polar surface area (TPSA) is 81.4 Å². The van der Waals surface area contributed by atoms with Crippen LogP contribution in [0, 0.1) is 5.41 Å². The molecule has 3 N–H and O–H groups in total. The SMILES string of the molecule is COC(=O)c1cc(Br)cc(Br)c1NC(=O)C1(CN)CCC1. The highest BCUT2D eigenvalue weighted by molar-refractivity contribution is 9.11. The lowest BCUT2D eigenvalue weighted by Crippen LogP contribution is -2.47. The summed E-state index contributed by atoms with van der Waals surface area (Å²) in [6, 6.07) is 3.38. The highest BCUT2D eigenvalue weighted by Gasteiger charge is 2.43. The number of ether oxygens (including phenoxy) is 1. The van der Waals surface area contributed by atoms with E-state index in [4.69, 9.17) is 10.5 Å². The van der Waals surface area contributed by atoms with E-state index in [0.717, 1.165) is 19.3 Å². The Bertz CT molecular complexity index is 580. The lowest BCUT2D eigenvalue weighted by molar-refractivity contribution is -0.129. The number of hydrogen-bond acceptors (Lipinski definition) is 4. The van der Waals surface area contributed by atoms with Crippen molar-refractivity contribution in [3.63, 3.8) is 0 Å². The van der Waals surface area contributed by atoms with E-state index in [-0.39, 0.29) is 5.91 Å². The maximum absolute atomic E-state index is 12.5. The summed E-state index contributed by atoms with van der Waals surface area (Å²) in [5.74, 6) is -0.660. The molecule has 0 spiro atoms. The van der Waals surface area contributed by atoms with E-state index in [2.05, 4.69) is 37.2 Å². The van der Waals surface area contributed by atoms with Gasteiger partial charge in [0.05, 0.1) is 23.8 Å². The van der Waals surface area contributed by atoms with Crippen LogP contribution >= 0.6 is 31.9 Å². The van der Waals surface area contributed by atoms with Gasteiger partial charge in [0, 0.05) is 15.5 Å². The van der Waals surface area contributed by atoms with Crippen LogP contribution in [0.4, 0.5) is 5.69 Å². The fourth-order valence-electron chi connectivity index (χ4n) is 2.35. The second kappa shape index (κ2) is 6.46. The summed E-state index contributed by atoms with van der Waals surface area (Å²) < 4.78 is 6.09. The summed E-state index contributed by atoms with van der Waals surface area (Å²) in [6.45, 7) is 0.306. The van der Waals surface area contributed by atoms with Crippen molar-refractivity contribution in [2.75, 3.05) is 19.0 Å². The Hall–Kier alpha value is -0.920. The molecule has 1 aliphatic carbocycles. The Kier molecular flexibility index (Phi) is 5.06. The normalized spacial score (nSPS) is 16.0. The third kappa shape index (κ3) is 3.14. The number of carbonyl (C=O) groups excluding carboxylic acids is 2. The van der Waals surface area contributed by atoms with Crippen LogP contribution in [-0.2, 0) is 9.53 Å². The average molecular weight is 420 g/mol. The number of amides is 1. The molecule has 0 aromatic heterocycles. The summed E-state index contributed by atoms with van der Waals surface area (Å²) in [7, 11) is 1.30. The zero-order chi connectivity index (χ0) is 15.6. The molecule has 7 heteroatoms. The number of benzene rings is 1. The van der Waals surface area contributed by atoms with Gasteiger partial charge in [-0.3, -0.25) is 4.79 Å². The molecule has 1 aliphatic rings. The van der Waals surface area contributed by atoms with Gasteiger partial charge in [-0.1, -0.05) is 22.4 Å². The molecule has 1 aromatic rings. The number of anilines is 1. The molecule has 1 aromatic carbocycles. The summed E-state index contributed by atoms with van der Waals surface area (Å²) in [4.78, 5) is 24.4. The Morgan fingerprint density at radius 3 is 2.52 bits per heavy atom. The first-order chi connectivity index (χ1) is 9.93. The minimum atomic E-state index is -0.514. The number of nitrogens with two attached hydrogens (primary N) is 1. The predicted molar refractivity (Wildman–Crippen MR) is 87.1 cm³/mol. The van der Waals surface area contributed by atoms with Crippen LogP contribution in [0.2, 0.25) is 0 Å². The van der Waals surface area contributed by atoms with Gasteiger partial charge in [-0.05, 0) is 40.9 Å². The van der Waals surface area contributed by atoms with Crippen molar-refractivity contribution in [3.8, 4) is 0 Å². The molecule has 1 saturated carbocycles. The molecular formula is C14H16Br2N2O3. The van der Waals surface area contributed by atoms with Crippen molar-refractivity contribution in [1.82, 2.24) is 0 Å². The maximum Gasteiger partial charge on any atom is 0.340 e. The van der Waals surface area contributed by atoms with E-state index in [1.165, 1.54) is 7.11 Å². The number of methoxy groups -OCH3 is 1. The van der Waals surface area contributed by atoms with Crippen molar-refractivity contribution >= 4 is 49.4 Å². The monoisotopic (exact) mass is 418 g/mol. The van der Waals surface area contributed by atoms with Gasteiger partial charge in [-0.25, -0.2) is 4.79 Å². The third-order valence-corrected chi connectivity index (χ3v) is 4.97. The zero-order valence-corrected chi connectivity index (χ0v) is 14.7. The third-order valence-electron chi connectivity index (χ3n) is 3.88. The molecule has 1 fully saturated rings. The lowest BCUT2D eigenvalue weighted by Gasteiger charge is -2.39. The van der Waals surface area contributed by atoms with Gasteiger partial charge in [0.25, 0.3) is 0 Å². The summed E-state index contributed by atoms with van der Waals surface area (Å²) in [6.07, 6.45) is 2.55. The molecule has 0 heterocycles. The van der Waals surface area contributed by atoms with Crippen LogP contribution in [0.5, 0.6) is 0 Å². The Morgan fingerprint density at radius 2 is 2.05 bits per heavy atom. The first-order valence-corrected chi connectivity index (χ1v) is 8.11. The molecule has 0 saturated heterocycles. The number of esters is 1. The van der Waals surface area contributed by atoms with Crippen LogP contribution < -0.4 is 11.1 Å². The Labute approximate surface area is 139 Å². The minimum Gasteiger partial charge on any atom is -0.465 e. The highest BCUT2D eigenvalue weighted by atomic mass is 79.9. The van der Waals surface area contributed by atoms with Crippen molar-refractivity contribution in [2.24, 2.45) is 11.1 Å². The quantitative estimate of drug-likeness (QED) is 0.734. The van der Waals surface area contributed by atoms with E-state index in [9.17, 15) is 9.59 Å². The second-order valence-electron chi connectivity index (χ2n) is 5.09. The zero-order valence-electron chi connectivity index (χ0n) is 11.5. The second-order valence-corrected chi connectivity index (χ2v) is 6.86. The van der Waals surface area contributed by atoms with Crippen LogP contribution in [-0.4, -0.2) is 25.5 Å². The first-order valence-electron chi connectivity index (χ1n) is 6.52. The molecule has 21 heavy (non-hydrogen) atoms. The van der Waals surface area contributed by atoms with Gasteiger partial charge >= 0.3 is 5.97 Å². The van der Waals surface area contributed by atoms with Crippen LogP contribution in [0.3, 0.4) is 0 Å². The molecule has 0 unspecified atom stereocenters. The van der Waals surface area contributed by atoms with E-state index >= 15 is 0 Å². The van der Waals surface area contributed by atoms with Gasteiger partial charge in [-0.15, -0.1) is 0 Å². The maximum atomic E-state index is 12.5. The minimum absolute atomic E-state index is 0.149. The number of hydrogen-bond donors (Lipinski definition) is 2. The number of carbonyl (C=O) groups is 2. The molecular weight excluding hydrogens is 404 g/mol. The Morgan fingerprint density at radius 1 is 1.38 bits per heavy atom. The van der Waals surface area contributed by atoms with Crippen molar-refractivity contribution in [1.29, 1.82) is 0 Å². The van der Waals surface area contributed by atoms with Crippen molar-refractivity contribution < 1.29 is 14.3 Å². The molecule has 2 rings (SSSR count). The summed E-state index contributed by atoms with van der Waals surface area (Å²) >= 11 is 6.69. The predicted octanol–water partition coefficient (Wildman–Crippen LogP) is 3.07. The fourth-order valence-corrected chi connectivity index (χ4v) is 3.67. The van der Waals surface area contributed by atoms with Crippen molar-refractivity contribution in [3.05, 3.63) is 26.6 Å². The van der Waals surface area contributed by atoms with E-state index in [0.29, 0.717) is 26.7 Å².